The molecule has 0 radical (unpaired) electrons. The third kappa shape index (κ3) is 3.44. The van der Waals surface area contributed by atoms with Gasteiger partial charge in [0.2, 0.25) is 0 Å². The maximum atomic E-state index is 11.8. The van der Waals surface area contributed by atoms with Crippen molar-refractivity contribution in [3.8, 4) is 0 Å². The van der Waals surface area contributed by atoms with Crippen molar-refractivity contribution in [3.63, 3.8) is 0 Å². The van der Waals surface area contributed by atoms with Gasteiger partial charge in [0.25, 0.3) is 11.8 Å². The summed E-state index contributed by atoms with van der Waals surface area (Å²) < 4.78 is 4.53. The highest BCUT2D eigenvalue weighted by Gasteiger charge is 2.33. The van der Waals surface area contributed by atoms with E-state index in [0.29, 0.717) is 10.6 Å². The second-order valence-electron chi connectivity index (χ2n) is 4.41. The van der Waals surface area contributed by atoms with Crippen molar-refractivity contribution in [1.29, 1.82) is 0 Å². The van der Waals surface area contributed by atoms with Crippen LogP contribution in [0.5, 0.6) is 0 Å². The minimum atomic E-state index is -0.803. The number of nitrogens with zero attached hydrogens (tertiary/aromatic N) is 1. The van der Waals surface area contributed by atoms with E-state index in [1.165, 1.54) is 19.2 Å². The number of hydrogen-bond donors (Lipinski definition) is 0. The molecular weight excluding hydrogens is 278 g/mol. The van der Waals surface area contributed by atoms with Crippen molar-refractivity contribution in [3.05, 3.63) is 35.4 Å². The summed E-state index contributed by atoms with van der Waals surface area (Å²) in [5.74, 6) is -2.26. The molecule has 7 heteroatoms. The fourth-order valence-electron chi connectivity index (χ4n) is 1.79. The average molecular weight is 291 g/mol. The molecule has 21 heavy (non-hydrogen) atoms. The first-order valence-corrected chi connectivity index (χ1v) is 6.25. The van der Waals surface area contributed by atoms with Gasteiger partial charge in [0.1, 0.15) is 0 Å². The van der Waals surface area contributed by atoms with Crippen LogP contribution in [0.3, 0.4) is 0 Å². The van der Waals surface area contributed by atoms with Gasteiger partial charge in [0, 0.05) is 12.8 Å². The number of hydrogen-bond acceptors (Lipinski definition) is 6. The highest BCUT2D eigenvalue weighted by molar-refractivity contribution is 6.02. The summed E-state index contributed by atoms with van der Waals surface area (Å²) in [5.41, 5.74) is 0.850. The van der Waals surface area contributed by atoms with E-state index in [4.69, 9.17) is 4.84 Å². The number of carbonyl (C=O) groups excluding carboxylic acids is 4. The zero-order valence-corrected chi connectivity index (χ0v) is 11.3. The molecule has 0 unspecified atom stereocenters. The van der Waals surface area contributed by atoms with Gasteiger partial charge in [-0.25, -0.2) is 4.79 Å². The van der Waals surface area contributed by atoms with Crippen LogP contribution in [0.15, 0.2) is 24.3 Å². The Hall–Kier alpha value is -2.70. The minimum Gasteiger partial charge on any atom is -0.469 e. The molecule has 1 aliphatic rings. The van der Waals surface area contributed by atoms with Gasteiger partial charge >= 0.3 is 11.9 Å². The van der Waals surface area contributed by atoms with Crippen molar-refractivity contribution in [2.45, 2.75) is 19.3 Å². The highest BCUT2D eigenvalue weighted by Crippen LogP contribution is 2.14. The fraction of sp³-hybridized carbons (Fsp3) is 0.286. The van der Waals surface area contributed by atoms with Gasteiger partial charge in [0.05, 0.1) is 19.1 Å². The SMILES string of the molecule is COC(=O)Cc1ccc(C(=O)ON2C(=O)CCC2=O)cc1. The van der Waals surface area contributed by atoms with Crippen molar-refractivity contribution >= 4 is 23.8 Å². The van der Waals surface area contributed by atoms with Crippen LogP contribution in [0.2, 0.25) is 0 Å². The minimum absolute atomic E-state index is 0.0458. The molecule has 0 atom stereocenters. The van der Waals surface area contributed by atoms with Crippen molar-refractivity contribution < 1.29 is 28.8 Å². The summed E-state index contributed by atoms with van der Waals surface area (Å²) in [7, 11) is 1.29. The molecule has 1 aromatic carbocycles. The molecule has 1 aromatic rings. The van der Waals surface area contributed by atoms with E-state index in [-0.39, 0.29) is 24.8 Å². The van der Waals surface area contributed by atoms with E-state index >= 15 is 0 Å². The number of ether oxygens (including phenoxy) is 1. The molecule has 0 aromatic heterocycles. The van der Waals surface area contributed by atoms with Crippen LogP contribution < -0.4 is 0 Å². The van der Waals surface area contributed by atoms with Gasteiger partial charge in [-0.3, -0.25) is 14.4 Å². The standard InChI is InChI=1S/C14H13NO6/c1-20-13(18)8-9-2-4-10(5-3-9)14(19)21-15-11(16)6-7-12(15)17/h2-5H,6-8H2,1H3. The van der Waals surface area contributed by atoms with Crippen molar-refractivity contribution in [1.82, 2.24) is 5.06 Å². The normalized spacial score (nSPS) is 14.2. The van der Waals surface area contributed by atoms with Crippen LogP contribution in [0, 0.1) is 0 Å². The first-order chi connectivity index (χ1) is 10.0. The Morgan fingerprint density at radius 3 is 2.19 bits per heavy atom. The van der Waals surface area contributed by atoms with Gasteiger partial charge in [-0.2, -0.15) is 0 Å². The summed E-state index contributed by atoms with van der Waals surface area (Å²) >= 11 is 0. The summed E-state index contributed by atoms with van der Waals surface area (Å²) in [5, 5.41) is 0.491. The second-order valence-corrected chi connectivity index (χ2v) is 4.41. The van der Waals surface area contributed by atoms with Crippen LogP contribution in [-0.2, 0) is 30.4 Å². The summed E-state index contributed by atoms with van der Waals surface area (Å²) in [6.45, 7) is 0. The van der Waals surface area contributed by atoms with Gasteiger partial charge in [0.15, 0.2) is 0 Å². The molecule has 0 saturated carbocycles. The lowest BCUT2D eigenvalue weighted by atomic mass is 10.1. The van der Waals surface area contributed by atoms with Gasteiger partial charge in [-0.1, -0.05) is 12.1 Å². The molecule has 1 saturated heterocycles. The smallest absolute Gasteiger partial charge is 0.363 e. The average Bonchev–Trinajstić information content (AvgIpc) is 2.79. The molecule has 0 N–H and O–H groups in total. The number of hydroxylamine groups is 2. The molecule has 110 valence electrons. The highest BCUT2D eigenvalue weighted by atomic mass is 16.7. The van der Waals surface area contributed by atoms with Crippen molar-refractivity contribution in [2.24, 2.45) is 0 Å². The number of benzene rings is 1. The first kappa shape index (κ1) is 14.7. The zero-order chi connectivity index (χ0) is 15.4. The van der Waals surface area contributed by atoms with E-state index < -0.39 is 23.8 Å². The predicted molar refractivity (Wildman–Crippen MR) is 68.7 cm³/mol. The first-order valence-electron chi connectivity index (χ1n) is 6.25. The molecule has 1 fully saturated rings. The topological polar surface area (TPSA) is 90.0 Å². The molecule has 1 heterocycles. The van der Waals surface area contributed by atoms with E-state index in [0.717, 1.165) is 0 Å². The Labute approximate surface area is 120 Å². The monoisotopic (exact) mass is 291 g/mol. The van der Waals surface area contributed by atoms with Gasteiger partial charge < -0.3 is 9.57 Å². The largest absolute Gasteiger partial charge is 0.469 e. The van der Waals surface area contributed by atoms with E-state index in [1.807, 2.05) is 0 Å². The number of methoxy groups -OCH3 is 1. The number of carbonyl (C=O) groups is 4. The van der Waals surface area contributed by atoms with E-state index in [2.05, 4.69) is 4.74 Å². The van der Waals surface area contributed by atoms with Gasteiger partial charge in [-0.05, 0) is 17.7 Å². The molecule has 1 aliphatic heterocycles. The molecule has 2 rings (SSSR count). The third-order valence-electron chi connectivity index (χ3n) is 2.95. The van der Waals surface area contributed by atoms with Crippen LogP contribution in [0.25, 0.3) is 0 Å². The maximum absolute atomic E-state index is 11.8. The molecule has 0 spiro atoms. The fourth-order valence-corrected chi connectivity index (χ4v) is 1.79. The predicted octanol–water partition coefficient (Wildman–Crippen LogP) is 0.623. The number of esters is 1. The lowest BCUT2D eigenvalue weighted by Gasteiger charge is -2.12. The summed E-state index contributed by atoms with van der Waals surface area (Å²) in [4.78, 5) is 50.4. The van der Waals surface area contributed by atoms with Crippen LogP contribution >= 0.6 is 0 Å². The van der Waals surface area contributed by atoms with Gasteiger partial charge in [-0.15, -0.1) is 5.06 Å². The molecule has 2 amide bonds. The zero-order valence-electron chi connectivity index (χ0n) is 11.3. The third-order valence-corrected chi connectivity index (χ3v) is 2.95. The lowest BCUT2D eigenvalue weighted by Crippen LogP contribution is -2.32. The lowest BCUT2D eigenvalue weighted by molar-refractivity contribution is -0.172. The Morgan fingerprint density at radius 1 is 1.10 bits per heavy atom. The number of rotatable bonds is 4. The quantitative estimate of drug-likeness (QED) is 0.597. The Bertz CT molecular complexity index is 576. The van der Waals surface area contributed by atoms with E-state index in [9.17, 15) is 19.2 Å². The maximum Gasteiger partial charge on any atom is 0.363 e. The van der Waals surface area contributed by atoms with E-state index in [1.54, 1.807) is 12.1 Å². The summed E-state index contributed by atoms with van der Waals surface area (Å²) in [6.07, 6.45) is 0.184. The Morgan fingerprint density at radius 2 is 1.67 bits per heavy atom. The summed E-state index contributed by atoms with van der Waals surface area (Å²) in [6, 6.07) is 6.04. The van der Waals surface area contributed by atoms with Crippen molar-refractivity contribution in [2.75, 3.05) is 7.11 Å². The number of imide groups is 1. The molecule has 7 nitrogen and oxygen atoms in total. The molecule has 0 aliphatic carbocycles. The Balaban J connectivity index is 2.01. The molecular formula is C14H13NO6. The van der Waals surface area contributed by atoms with Crippen LogP contribution in [-0.4, -0.2) is 35.9 Å². The Kier molecular flexibility index (Phi) is 4.32. The van der Waals surface area contributed by atoms with Crippen LogP contribution in [0.1, 0.15) is 28.8 Å². The molecule has 0 bridgehead atoms. The van der Waals surface area contributed by atoms with Crippen LogP contribution in [0.4, 0.5) is 0 Å². The second kappa shape index (κ2) is 6.17. The number of amides is 2.